The van der Waals surface area contributed by atoms with Crippen LogP contribution in [0.3, 0.4) is 0 Å². The zero-order chi connectivity index (χ0) is 13.8. The van der Waals surface area contributed by atoms with Crippen LogP contribution in [-0.2, 0) is 0 Å². The van der Waals surface area contributed by atoms with Crippen LogP contribution in [0.2, 0.25) is 0 Å². The molecule has 0 radical (unpaired) electrons. The van der Waals surface area contributed by atoms with Crippen LogP contribution >= 0.6 is 11.8 Å². The minimum atomic E-state index is 0.230. The van der Waals surface area contributed by atoms with Gasteiger partial charge in [-0.15, -0.1) is 11.8 Å². The van der Waals surface area contributed by atoms with Crippen LogP contribution in [0.25, 0.3) is 0 Å². The Morgan fingerprint density at radius 3 is 2.74 bits per heavy atom. The standard InChI is InChI=1S/C17H23NS/c1-4-14-6-7-15(11-18)17(10-14)19-16-8-5-12(2)9-13(16)3/h5,8-9,14-15,17H,4,6-7,10H2,1-3H3. The van der Waals surface area contributed by atoms with Gasteiger partial charge in [0.05, 0.1) is 12.0 Å². The Hall–Kier alpha value is -0.940. The van der Waals surface area contributed by atoms with Crippen LogP contribution in [0, 0.1) is 37.0 Å². The lowest BCUT2D eigenvalue weighted by Gasteiger charge is -2.32. The van der Waals surface area contributed by atoms with Gasteiger partial charge < -0.3 is 0 Å². The second kappa shape index (κ2) is 6.48. The molecule has 0 bridgehead atoms. The normalized spacial score (nSPS) is 26.9. The van der Waals surface area contributed by atoms with E-state index in [-0.39, 0.29) is 5.92 Å². The molecule has 1 saturated carbocycles. The molecule has 0 aromatic heterocycles. The Morgan fingerprint density at radius 2 is 2.11 bits per heavy atom. The summed E-state index contributed by atoms with van der Waals surface area (Å²) in [4.78, 5) is 1.35. The Morgan fingerprint density at radius 1 is 1.32 bits per heavy atom. The van der Waals surface area contributed by atoms with Crippen molar-refractivity contribution >= 4 is 11.8 Å². The first-order chi connectivity index (χ1) is 9.13. The number of nitriles is 1. The summed E-state index contributed by atoms with van der Waals surface area (Å²) >= 11 is 1.93. The van der Waals surface area contributed by atoms with Crippen LogP contribution in [-0.4, -0.2) is 5.25 Å². The van der Waals surface area contributed by atoms with Crippen LogP contribution in [0.15, 0.2) is 23.1 Å². The molecule has 2 rings (SSSR count). The monoisotopic (exact) mass is 273 g/mol. The van der Waals surface area contributed by atoms with Gasteiger partial charge in [-0.3, -0.25) is 0 Å². The summed E-state index contributed by atoms with van der Waals surface area (Å²) in [6.45, 7) is 6.58. The number of aryl methyl sites for hydroxylation is 2. The van der Waals surface area contributed by atoms with E-state index in [0.717, 1.165) is 12.3 Å². The molecule has 19 heavy (non-hydrogen) atoms. The Kier molecular flexibility index (Phi) is 4.93. The highest BCUT2D eigenvalue weighted by Crippen LogP contribution is 2.41. The molecule has 3 unspecified atom stereocenters. The van der Waals surface area contributed by atoms with Crippen molar-refractivity contribution in [3.63, 3.8) is 0 Å². The zero-order valence-corrected chi connectivity index (χ0v) is 13.0. The third-order valence-corrected chi connectivity index (χ3v) is 5.79. The molecule has 2 heteroatoms. The lowest BCUT2D eigenvalue weighted by molar-refractivity contribution is 0.317. The van der Waals surface area contributed by atoms with E-state index in [4.69, 9.17) is 0 Å². The maximum Gasteiger partial charge on any atom is 0.0667 e. The quantitative estimate of drug-likeness (QED) is 0.763. The van der Waals surface area contributed by atoms with Gasteiger partial charge in [0, 0.05) is 10.1 Å². The number of thioether (sulfide) groups is 1. The first-order valence-corrected chi connectivity index (χ1v) is 8.15. The zero-order valence-electron chi connectivity index (χ0n) is 12.1. The van der Waals surface area contributed by atoms with E-state index in [1.54, 1.807) is 0 Å². The summed E-state index contributed by atoms with van der Waals surface area (Å²) in [6, 6.07) is 9.17. The Bertz CT molecular complexity index is 475. The van der Waals surface area contributed by atoms with E-state index in [0.29, 0.717) is 5.25 Å². The third kappa shape index (κ3) is 3.54. The highest BCUT2D eigenvalue weighted by Gasteiger charge is 2.30. The summed E-state index contributed by atoms with van der Waals surface area (Å²) in [5.74, 6) is 1.04. The summed E-state index contributed by atoms with van der Waals surface area (Å²) in [5.41, 5.74) is 2.66. The fourth-order valence-electron chi connectivity index (χ4n) is 2.96. The predicted molar refractivity (Wildman–Crippen MR) is 82.3 cm³/mol. The molecule has 3 atom stereocenters. The smallest absolute Gasteiger partial charge is 0.0667 e. The van der Waals surface area contributed by atoms with Crippen molar-refractivity contribution in [1.29, 1.82) is 5.26 Å². The molecule has 0 saturated heterocycles. The van der Waals surface area contributed by atoms with Crippen LogP contribution in [0.4, 0.5) is 0 Å². The van der Waals surface area contributed by atoms with Crippen molar-refractivity contribution in [2.75, 3.05) is 0 Å². The molecule has 1 aliphatic rings. The summed E-state index contributed by atoms with van der Waals surface area (Å²) in [5, 5.41) is 9.83. The summed E-state index contributed by atoms with van der Waals surface area (Å²) in [6.07, 6.45) is 4.77. The Balaban J connectivity index is 2.12. The fourth-order valence-corrected chi connectivity index (χ4v) is 4.40. The highest BCUT2D eigenvalue weighted by molar-refractivity contribution is 8.00. The topological polar surface area (TPSA) is 23.8 Å². The molecular weight excluding hydrogens is 250 g/mol. The number of nitrogens with zero attached hydrogens (tertiary/aromatic N) is 1. The van der Waals surface area contributed by atoms with Crippen molar-refractivity contribution in [3.05, 3.63) is 29.3 Å². The van der Waals surface area contributed by atoms with Crippen molar-refractivity contribution in [3.8, 4) is 6.07 Å². The second-order valence-corrected chi connectivity index (χ2v) is 7.03. The van der Waals surface area contributed by atoms with Gasteiger partial charge in [-0.1, -0.05) is 31.0 Å². The molecule has 0 spiro atoms. The average molecular weight is 273 g/mol. The molecule has 0 amide bonds. The van der Waals surface area contributed by atoms with Crippen molar-refractivity contribution in [2.24, 2.45) is 11.8 Å². The van der Waals surface area contributed by atoms with Gasteiger partial charge in [0.2, 0.25) is 0 Å². The van der Waals surface area contributed by atoms with Gasteiger partial charge in [0.15, 0.2) is 0 Å². The number of benzene rings is 1. The number of rotatable bonds is 3. The SMILES string of the molecule is CCC1CCC(C#N)C(Sc2ccc(C)cc2C)C1. The maximum absolute atomic E-state index is 9.35. The van der Waals surface area contributed by atoms with E-state index < -0.39 is 0 Å². The predicted octanol–water partition coefficient (Wildman–Crippen LogP) is 5.11. The van der Waals surface area contributed by atoms with E-state index in [1.165, 1.54) is 35.3 Å². The van der Waals surface area contributed by atoms with E-state index in [9.17, 15) is 5.26 Å². The van der Waals surface area contributed by atoms with Gasteiger partial charge in [-0.2, -0.15) is 5.26 Å². The van der Waals surface area contributed by atoms with Gasteiger partial charge in [0.25, 0.3) is 0 Å². The Labute approximate surface area is 121 Å². The second-order valence-electron chi connectivity index (χ2n) is 5.75. The molecule has 1 nitrogen and oxygen atoms in total. The summed E-state index contributed by atoms with van der Waals surface area (Å²) in [7, 11) is 0. The van der Waals surface area contributed by atoms with Gasteiger partial charge in [-0.25, -0.2) is 0 Å². The number of hydrogen-bond donors (Lipinski definition) is 0. The fraction of sp³-hybridized carbons (Fsp3) is 0.588. The maximum atomic E-state index is 9.35. The molecule has 0 aliphatic heterocycles. The lowest BCUT2D eigenvalue weighted by Crippen LogP contribution is -2.26. The van der Waals surface area contributed by atoms with Crippen LogP contribution < -0.4 is 0 Å². The molecule has 0 N–H and O–H groups in total. The molecular formula is C17H23NS. The van der Waals surface area contributed by atoms with Gasteiger partial charge in [-0.05, 0) is 50.7 Å². The first kappa shape index (κ1) is 14.5. The molecule has 1 aromatic carbocycles. The molecule has 1 aliphatic carbocycles. The summed E-state index contributed by atoms with van der Waals surface area (Å²) < 4.78 is 0. The lowest BCUT2D eigenvalue weighted by atomic mass is 9.81. The van der Waals surface area contributed by atoms with E-state index in [2.05, 4.69) is 45.0 Å². The minimum Gasteiger partial charge on any atom is -0.198 e. The van der Waals surface area contributed by atoms with Crippen molar-refractivity contribution in [1.82, 2.24) is 0 Å². The van der Waals surface area contributed by atoms with Crippen molar-refractivity contribution in [2.45, 2.75) is 56.6 Å². The van der Waals surface area contributed by atoms with Crippen LogP contribution in [0.5, 0.6) is 0 Å². The molecule has 0 heterocycles. The first-order valence-electron chi connectivity index (χ1n) is 7.27. The van der Waals surface area contributed by atoms with Gasteiger partial charge in [0.1, 0.15) is 0 Å². The molecule has 1 fully saturated rings. The van der Waals surface area contributed by atoms with Gasteiger partial charge >= 0.3 is 0 Å². The van der Waals surface area contributed by atoms with Crippen LogP contribution in [0.1, 0.15) is 43.7 Å². The molecule has 102 valence electrons. The highest BCUT2D eigenvalue weighted by atomic mass is 32.2. The largest absolute Gasteiger partial charge is 0.198 e. The average Bonchev–Trinajstić information content (AvgIpc) is 2.41. The molecule has 1 aromatic rings. The van der Waals surface area contributed by atoms with E-state index >= 15 is 0 Å². The number of hydrogen-bond acceptors (Lipinski definition) is 2. The van der Waals surface area contributed by atoms with E-state index in [1.807, 2.05) is 11.8 Å². The third-order valence-electron chi connectivity index (χ3n) is 4.25. The van der Waals surface area contributed by atoms with Crippen molar-refractivity contribution < 1.29 is 0 Å². The minimum absolute atomic E-state index is 0.230.